The van der Waals surface area contributed by atoms with Crippen molar-refractivity contribution in [2.75, 3.05) is 18.4 Å². The molecule has 1 aromatic rings. The van der Waals surface area contributed by atoms with Gasteiger partial charge in [0.05, 0.1) is 6.42 Å². The highest BCUT2D eigenvalue weighted by Crippen LogP contribution is 2.58. The lowest BCUT2D eigenvalue weighted by atomic mass is 9.92. The molecule has 1 atom stereocenters. The van der Waals surface area contributed by atoms with Gasteiger partial charge in [-0.2, -0.15) is 0 Å². The molecule has 1 aliphatic carbocycles. The highest BCUT2D eigenvalue weighted by molar-refractivity contribution is 5.95. The van der Waals surface area contributed by atoms with Gasteiger partial charge in [0.15, 0.2) is 0 Å². The van der Waals surface area contributed by atoms with Crippen LogP contribution in [0.25, 0.3) is 0 Å². The van der Waals surface area contributed by atoms with E-state index in [4.69, 9.17) is 5.73 Å². The third kappa shape index (κ3) is 3.08. The summed E-state index contributed by atoms with van der Waals surface area (Å²) in [7, 11) is 0. The van der Waals surface area contributed by atoms with Crippen molar-refractivity contribution in [3.05, 3.63) is 29.8 Å². The number of anilines is 1. The van der Waals surface area contributed by atoms with E-state index < -0.39 is 0 Å². The van der Waals surface area contributed by atoms with Crippen LogP contribution in [0, 0.1) is 11.3 Å². The zero-order valence-corrected chi connectivity index (χ0v) is 12.0. The molecule has 0 bridgehead atoms. The minimum atomic E-state index is -0.349. The van der Waals surface area contributed by atoms with Gasteiger partial charge in [-0.1, -0.05) is 12.1 Å². The zero-order chi connectivity index (χ0) is 14.9. The number of hydrogen-bond donors (Lipinski definition) is 3. The van der Waals surface area contributed by atoms with Crippen molar-refractivity contribution >= 4 is 17.5 Å². The first-order valence-electron chi connectivity index (χ1n) is 7.48. The van der Waals surface area contributed by atoms with Crippen LogP contribution < -0.4 is 16.4 Å². The smallest absolute Gasteiger partial charge is 0.228 e. The van der Waals surface area contributed by atoms with E-state index in [9.17, 15) is 9.59 Å². The van der Waals surface area contributed by atoms with Crippen LogP contribution in [0.15, 0.2) is 24.3 Å². The molecule has 0 radical (unpaired) electrons. The number of amides is 2. The SMILES string of the molecule is NC(=O)Cc1ccc(NC(=O)C2CC23CCNCC3)cc1. The quantitative estimate of drug-likeness (QED) is 0.773. The highest BCUT2D eigenvalue weighted by Gasteiger charge is 2.57. The summed E-state index contributed by atoms with van der Waals surface area (Å²) in [5, 5.41) is 6.32. The first kappa shape index (κ1) is 14.1. The molecule has 21 heavy (non-hydrogen) atoms. The van der Waals surface area contributed by atoms with Crippen molar-refractivity contribution in [2.24, 2.45) is 17.1 Å². The summed E-state index contributed by atoms with van der Waals surface area (Å²) >= 11 is 0. The standard InChI is InChI=1S/C16H21N3O2/c17-14(20)9-11-1-3-12(4-2-11)19-15(21)13-10-16(13)5-7-18-8-6-16/h1-4,13,18H,5-10H2,(H2,17,20)(H,19,21). The van der Waals surface area contributed by atoms with E-state index in [-0.39, 0.29) is 29.6 Å². The van der Waals surface area contributed by atoms with Gasteiger partial charge in [-0.3, -0.25) is 9.59 Å². The second-order valence-electron chi connectivity index (χ2n) is 6.20. The number of rotatable bonds is 4. The first-order chi connectivity index (χ1) is 10.1. The third-order valence-electron chi connectivity index (χ3n) is 4.71. The van der Waals surface area contributed by atoms with Crippen molar-refractivity contribution in [3.63, 3.8) is 0 Å². The number of carbonyl (C=O) groups excluding carboxylic acids is 2. The summed E-state index contributed by atoms with van der Waals surface area (Å²) in [6.07, 6.45) is 3.44. The van der Waals surface area contributed by atoms with E-state index in [1.807, 2.05) is 24.3 Å². The van der Waals surface area contributed by atoms with Gasteiger partial charge in [0.25, 0.3) is 0 Å². The fraction of sp³-hybridized carbons (Fsp3) is 0.500. The van der Waals surface area contributed by atoms with E-state index in [0.717, 1.165) is 43.6 Å². The predicted molar refractivity (Wildman–Crippen MR) is 80.6 cm³/mol. The average molecular weight is 287 g/mol. The number of piperidine rings is 1. The minimum absolute atomic E-state index is 0.125. The molecule has 5 nitrogen and oxygen atoms in total. The van der Waals surface area contributed by atoms with Crippen LogP contribution in [0.5, 0.6) is 0 Å². The van der Waals surface area contributed by atoms with Gasteiger partial charge in [0.2, 0.25) is 11.8 Å². The Labute approximate surface area is 124 Å². The topological polar surface area (TPSA) is 84.2 Å². The van der Waals surface area contributed by atoms with Crippen molar-refractivity contribution < 1.29 is 9.59 Å². The molecule has 0 aromatic heterocycles. The Hall–Kier alpha value is -1.88. The predicted octanol–water partition coefficient (Wildman–Crippen LogP) is 1.04. The zero-order valence-electron chi connectivity index (χ0n) is 12.0. The van der Waals surface area contributed by atoms with E-state index in [1.54, 1.807) is 0 Å². The summed E-state index contributed by atoms with van der Waals surface area (Å²) in [5.41, 5.74) is 7.05. The Morgan fingerprint density at radius 2 is 1.90 bits per heavy atom. The molecule has 5 heteroatoms. The van der Waals surface area contributed by atoms with Crippen molar-refractivity contribution in [1.29, 1.82) is 0 Å². The normalized spacial score (nSPS) is 22.8. The molecule has 1 aliphatic heterocycles. The summed E-state index contributed by atoms with van der Waals surface area (Å²) < 4.78 is 0. The highest BCUT2D eigenvalue weighted by atomic mass is 16.2. The van der Waals surface area contributed by atoms with E-state index in [0.29, 0.717) is 0 Å². The fourth-order valence-corrected chi connectivity index (χ4v) is 3.33. The van der Waals surface area contributed by atoms with Crippen LogP contribution in [-0.2, 0) is 16.0 Å². The van der Waals surface area contributed by atoms with Gasteiger partial charge in [-0.25, -0.2) is 0 Å². The second-order valence-corrected chi connectivity index (χ2v) is 6.20. The van der Waals surface area contributed by atoms with E-state index in [2.05, 4.69) is 10.6 Å². The second kappa shape index (κ2) is 5.48. The molecule has 2 aliphatic rings. The first-order valence-corrected chi connectivity index (χ1v) is 7.48. The molecule has 1 aromatic carbocycles. The summed E-state index contributed by atoms with van der Waals surface area (Å²) in [5.74, 6) is -0.0675. The monoisotopic (exact) mass is 287 g/mol. The van der Waals surface area contributed by atoms with Crippen LogP contribution in [0.4, 0.5) is 5.69 Å². The Bertz CT molecular complexity index is 547. The number of hydrogen-bond acceptors (Lipinski definition) is 3. The molecule has 2 amide bonds. The van der Waals surface area contributed by atoms with Crippen LogP contribution in [0.2, 0.25) is 0 Å². The largest absolute Gasteiger partial charge is 0.369 e. The summed E-state index contributed by atoms with van der Waals surface area (Å²) in [4.78, 5) is 23.2. The van der Waals surface area contributed by atoms with Gasteiger partial charge in [0.1, 0.15) is 0 Å². The van der Waals surface area contributed by atoms with Gasteiger partial charge in [-0.15, -0.1) is 0 Å². The maximum atomic E-state index is 12.3. The van der Waals surface area contributed by atoms with Crippen molar-refractivity contribution in [2.45, 2.75) is 25.7 Å². The number of benzene rings is 1. The molecule has 1 unspecified atom stereocenters. The average Bonchev–Trinajstić information content (AvgIpc) is 3.15. The molecule has 2 fully saturated rings. The van der Waals surface area contributed by atoms with Gasteiger partial charge in [-0.05, 0) is 55.5 Å². The molecule has 1 saturated carbocycles. The molecular formula is C16H21N3O2. The molecule has 1 heterocycles. The third-order valence-corrected chi connectivity index (χ3v) is 4.71. The lowest BCUT2D eigenvalue weighted by Gasteiger charge is -2.23. The Morgan fingerprint density at radius 3 is 2.52 bits per heavy atom. The molecule has 4 N–H and O–H groups in total. The molecule has 3 rings (SSSR count). The summed E-state index contributed by atoms with van der Waals surface area (Å²) in [6.45, 7) is 2.04. The van der Waals surface area contributed by atoms with Crippen molar-refractivity contribution in [3.8, 4) is 0 Å². The maximum absolute atomic E-state index is 12.3. The maximum Gasteiger partial charge on any atom is 0.228 e. The van der Waals surface area contributed by atoms with Gasteiger partial charge < -0.3 is 16.4 Å². The Kier molecular flexibility index (Phi) is 3.68. The van der Waals surface area contributed by atoms with E-state index >= 15 is 0 Å². The molecule has 1 saturated heterocycles. The van der Waals surface area contributed by atoms with Crippen molar-refractivity contribution in [1.82, 2.24) is 5.32 Å². The number of carbonyl (C=O) groups is 2. The molecule has 112 valence electrons. The van der Waals surface area contributed by atoms with Gasteiger partial charge in [0, 0.05) is 11.6 Å². The van der Waals surface area contributed by atoms with E-state index in [1.165, 1.54) is 0 Å². The number of primary amides is 1. The van der Waals surface area contributed by atoms with Crippen LogP contribution in [-0.4, -0.2) is 24.9 Å². The molecular weight excluding hydrogens is 266 g/mol. The fourth-order valence-electron chi connectivity index (χ4n) is 3.33. The van der Waals surface area contributed by atoms with Crippen LogP contribution in [0.1, 0.15) is 24.8 Å². The lowest BCUT2D eigenvalue weighted by Crippen LogP contribution is -2.31. The Morgan fingerprint density at radius 1 is 1.24 bits per heavy atom. The summed E-state index contributed by atoms with van der Waals surface area (Å²) in [6, 6.07) is 7.31. The van der Waals surface area contributed by atoms with Crippen LogP contribution in [0.3, 0.4) is 0 Å². The Balaban J connectivity index is 1.57. The van der Waals surface area contributed by atoms with Gasteiger partial charge >= 0.3 is 0 Å². The number of nitrogens with two attached hydrogens (primary N) is 1. The molecule has 1 spiro atoms. The van der Waals surface area contributed by atoms with Crippen LogP contribution >= 0.6 is 0 Å². The minimum Gasteiger partial charge on any atom is -0.369 e. The number of nitrogens with one attached hydrogen (secondary N) is 2. The lowest BCUT2D eigenvalue weighted by molar-refractivity contribution is -0.118.